The normalized spacial score (nSPS) is 13.4. The first kappa shape index (κ1) is 15.3. The molecule has 0 fully saturated rings. The molecule has 92 valence electrons. The van der Waals surface area contributed by atoms with Gasteiger partial charge in [-0.2, -0.15) is 11.8 Å². The summed E-state index contributed by atoms with van der Waals surface area (Å²) >= 11 is 2.05. The van der Waals surface area contributed by atoms with Crippen molar-refractivity contribution in [1.82, 2.24) is 5.32 Å². The maximum atomic E-state index is 3.76. The Morgan fingerprint density at radius 1 is 1.00 bits per heavy atom. The van der Waals surface area contributed by atoms with E-state index >= 15 is 0 Å². The molecule has 0 bridgehead atoms. The van der Waals surface area contributed by atoms with Gasteiger partial charge in [0.25, 0.3) is 0 Å². The Morgan fingerprint density at radius 3 is 2.07 bits per heavy atom. The Kier molecular flexibility index (Phi) is 11.0. The van der Waals surface area contributed by atoms with Crippen LogP contribution in [0.3, 0.4) is 0 Å². The quantitative estimate of drug-likeness (QED) is 0.569. The zero-order valence-electron chi connectivity index (χ0n) is 11.0. The topological polar surface area (TPSA) is 12.0 Å². The van der Waals surface area contributed by atoms with E-state index in [1.807, 2.05) is 0 Å². The third-order valence-electron chi connectivity index (χ3n) is 2.69. The average Bonchev–Trinajstić information content (AvgIpc) is 2.19. The van der Waals surface area contributed by atoms with Crippen LogP contribution in [-0.2, 0) is 0 Å². The average molecular weight is 231 g/mol. The third kappa shape index (κ3) is 9.25. The second-order valence-corrected chi connectivity index (χ2v) is 5.72. The van der Waals surface area contributed by atoms with Crippen molar-refractivity contribution in [2.75, 3.05) is 11.5 Å². The molecule has 0 aliphatic heterocycles. The van der Waals surface area contributed by atoms with Gasteiger partial charge >= 0.3 is 0 Å². The van der Waals surface area contributed by atoms with Crippen LogP contribution < -0.4 is 5.32 Å². The van der Waals surface area contributed by atoms with Crippen molar-refractivity contribution < 1.29 is 0 Å². The van der Waals surface area contributed by atoms with E-state index in [1.165, 1.54) is 43.6 Å². The minimum atomic E-state index is 0.687. The van der Waals surface area contributed by atoms with Crippen molar-refractivity contribution >= 4 is 11.8 Å². The summed E-state index contributed by atoms with van der Waals surface area (Å²) in [6.45, 7) is 9.12. The zero-order valence-corrected chi connectivity index (χ0v) is 11.8. The van der Waals surface area contributed by atoms with Gasteiger partial charge in [-0.15, -0.1) is 0 Å². The molecule has 0 aromatic carbocycles. The molecular weight excluding hydrogens is 202 g/mol. The van der Waals surface area contributed by atoms with Crippen molar-refractivity contribution in [2.24, 2.45) is 0 Å². The minimum Gasteiger partial charge on any atom is -0.311 e. The number of hydrogen-bond acceptors (Lipinski definition) is 2. The predicted octanol–water partition coefficient (Wildman–Crippen LogP) is 4.08. The van der Waals surface area contributed by atoms with Gasteiger partial charge in [0.15, 0.2) is 0 Å². The summed E-state index contributed by atoms with van der Waals surface area (Å²) in [6.07, 6.45) is 6.57. The van der Waals surface area contributed by atoms with Crippen molar-refractivity contribution in [3.8, 4) is 0 Å². The maximum Gasteiger partial charge on any atom is 0.00693 e. The molecule has 0 aromatic heterocycles. The highest BCUT2D eigenvalue weighted by molar-refractivity contribution is 7.99. The van der Waals surface area contributed by atoms with E-state index in [1.54, 1.807) is 0 Å². The molecule has 1 unspecified atom stereocenters. The highest BCUT2D eigenvalue weighted by Gasteiger charge is 2.09. The summed E-state index contributed by atoms with van der Waals surface area (Å²) in [5.74, 6) is 2.55. The molecule has 0 amide bonds. The summed E-state index contributed by atoms with van der Waals surface area (Å²) in [7, 11) is 0. The summed E-state index contributed by atoms with van der Waals surface area (Å²) in [4.78, 5) is 0. The fourth-order valence-electron chi connectivity index (χ4n) is 1.90. The Labute approximate surface area is 101 Å². The molecule has 0 aliphatic rings. The highest BCUT2D eigenvalue weighted by atomic mass is 32.2. The second-order valence-electron chi connectivity index (χ2n) is 4.33. The fraction of sp³-hybridized carbons (Fsp3) is 1.00. The second kappa shape index (κ2) is 10.8. The molecule has 0 aromatic rings. The Bertz CT molecular complexity index is 122. The van der Waals surface area contributed by atoms with E-state index in [9.17, 15) is 0 Å². The van der Waals surface area contributed by atoms with Gasteiger partial charge < -0.3 is 5.32 Å². The SMILES string of the molecule is CCCC(CCC)NC(C)CCSCC. The van der Waals surface area contributed by atoms with Gasteiger partial charge in [0, 0.05) is 12.1 Å². The third-order valence-corrected chi connectivity index (χ3v) is 3.63. The fourth-order valence-corrected chi connectivity index (χ4v) is 2.71. The lowest BCUT2D eigenvalue weighted by Crippen LogP contribution is -2.36. The van der Waals surface area contributed by atoms with E-state index in [-0.39, 0.29) is 0 Å². The Hall–Kier alpha value is 0.310. The van der Waals surface area contributed by atoms with Gasteiger partial charge in [0.2, 0.25) is 0 Å². The van der Waals surface area contributed by atoms with Gasteiger partial charge in [-0.25, -0.2) is 0 Å². The van der Waals surface area contributed by atoms with Gasteiger partial charge in [-0.05, 0) is 37.7 Å². The van der Waals surface area contributed by atoms with E-state index < -0.39 is 0 Å². The summed E-state index contributed by atoms with van der Waals surface area (Å²) in [5, 5.41) is 3.76. The van der Waals surface area contributed by atoms with Crippen LogP contribution in [-0.4, -0.2) is 23.6 Å². The Morgan fingerprint density at radius 2 is 1.60 bits per heavy atom. The molecule has 0 spiro atoms. The molecule has 0 radical (unpaired) electrons. The van der Waals surface area contributed by atoms with Gasteiger partial charge in [-0.3, -0.25) is 0 Å². The lowest BCUT2D eigenvalue weighted by Gasteiger charge is -2.22. The molecule has 0 aliphatic carbocycles. The summed E-state index contributed by atoms with van der Waals surface area (Å²) < 4.78 is 0. The molecule has 0 saturated heterocycles. The number of rotatable bonds is 10. The smallest absolute Gasteiger partial charge is 0.00693 e. The van der Waals surface area contributed by atoms with E-state index in [2.05, 4.69) is 44.8 Å². The zero-order chi connectivity index (χ0) is 11.5. The van der Waals surface area contributed by atoms with Crippen LogP contribution in [0.25, 0.3) is 0 Å². The van der Waals surface area contributed by atoms with Gasteiger partial charge in [0.1, 0.15) is 0 Å². The molecule has 0 saturated carbocycles. The first-order valence-electron chi connectivity index (χ1n) is 6.58. The molecule has 1 nitrogen and oxygen atoms in total. The predicted molar refractivity (Wildman–Crippen MR) is 73.8 cm³/mol. The van der Waals surface area contributed by atoms with Crippen molar-refractivity contribution in [3.63, 3.8) is 0 Å². The molecule has 2 heteroatoms. The first-order valence-corrected chi connectivity index (χ1v) is 7.73. The largest absolute Gasteiger partial charge is 0.311 e. The summed E-state index contributed by atoms with van der Waals surface area (Å²) in [5.41, 5.74) is 0. The molecule has 1 atom stereocenters. The van der Waals surface area contributed by atoms with Crippen molar-refractivity contribution in [3.05, 3.63) is 0 Å². The number of hydrogen-bond donors (Lipinski definition) is 1. The molecule has 15 heavy (non-hydrogen) atoms. The van der Waals surface area contributed by atoms with E-state index in [0.29, 0.717) is 6.04 Å². The van der Waals surface area contributed by atoms with Crippen LogP contribution in [0, 0.1) is 0 Å². The van der Waals surface area contributed by atoms with Gasteiger partial charge in [-0.1, -0.05) is 33.6 Å². The monoisotopic (exact) mass is 231 g/mol. The van der Waals surface area contributed by atoms with Crippen LogP contribution in [0.4, 0.5) is 0 Å². The first-order chi connectivity index (χ1) is 7.24. The standard InChI is InChI=1S/C13H29NS/c1-5-8-13(9-6-2)14-12(4)10-11-15-7-3/h12-14H,5-11H2,1-4H3. The highest BCUT2D eigenvalue weighted by Crippen LogP contribution is 2.09. The van der Waals surface area contributed by atoms with Crippen molar-refractivity contribution in [1.29, 1.82) is 0 Å². The van der Waals surface area contributed by atoms with Crippen LogP contribution in [0.2, 0.25) is 0 Å². The van der Waals surface area contributed by atoms with E-state index in [0.717, 1.165) is 6.04 Å². The minimum absolute atomic E-state index is 0.687. The van der Waals surface area contributed by atoms with Crippen LogP contribution in [0.5, 0.6) is 0 Å². The number of nitrogens with one attached hydrogen (secondary N) is 1. The van der Waals surface area contributed by atoms with Crippen LogP contribution in [0.1, 0.15) is 59.8 Å². The molecule has 0 rings (SSSR count). The van der Waals surface area contributed by atoms with E-state index in [4.69, 9.17) is 0 Å². The lowest BCUT2D eigenvalue weighted by molar-refractivity contribution is 0.392. The van der Waals surface area contributed by atoms with Gasteiger partial charge in [0.05, 0.1) is 0 Å². The number of thioether (sulfide) groups is 1. The van der Waals surface area contributed by atoms with Crippen LogP contribution >= 0.6 is 11.8 Å². The molecular formula is C13H29NS. The molecule has 0 heterocycles. The summed E-state index contributed by atoms with van der Waals surface area (Å²) in [6, 6.07) is 1.44. The molecule has 1 N–H and O–H groups in total. The Balaban J connectivity index is 3.62. The lowest BCUT2D eigenvalue weighted by atomic mass is 10.1. The van der Waals surface area contributed by atoms with Crippen molar-refractivity contribution in [2.45, 2.75) is 71.9 Å². The maximum absolute atomic E-state index is 3.76. The van der Waals surface area contributed by atoms with Crippen LogP contribution in [0.15, 0.2) is 0 Å².